The van der Waals surface area contributed by atoms with Crippen molar-refractivity contribution in [2.45, 2.75) is 38.8 Å². The molecular weight excluding hydrogens is 151 g/mol. The highest BCUT2D eigenvalue weighted by atomic mass is 31.1. The van der Waals surface area contributed by atoms with Gasteiger partial charge in [0.1, 0.15) is 0 Å². The van der Waals surface area contributed by atoms with Gasteiger partial charge in [0.05, 0.1) is 0 Å². The zero-order chi connectivity index (χ0) is 8.43. The molecule has 0 N–H and O–H groups in total. The molecule has 66 valence electrons. The van der Waals surface area contributed by atoms with Crippen molar-refractivity contribution in [1.29, 1.82) is 0 Å². The van der Waals surface area contributed by atoms with Crippen molar-refractivity contribution in [2.24, 2.45) is 11.8 Å². The van der Waals surface area contributed by atoms with Crippen LogP contribution >= 0.6 is 7.92 Å². The molecule has 0 aliphatic heterocycles. The highest BCUT2D eigenvalue weighted by Crippen LogP contribution is 2.48. The second-order valence-corrected chi connectivity index (χ2v) is 6.96. The molecule has 0 radical (unpaired) electrons. The van der Waals surface area contributed by atoms with Crippen LogP contribution in [0.3, 0.4) is 0 Å². The van der Waals surface area contributed by atoms with Crippen LogP contribution in [-0.4, -0.2) is 19.0 Å². The average Bonchev–Trinajstić information content (AvgIpc) is 2.32. The summed E-state index contributed by atoms with van der Waals surface area (Å²) in [5, 5.41) is 0. The molecule has 2 atom stereocenters. The van der Waals surface area contributed by atoms with Gasteiger partial charge in [-0.1, -0.05) is 20.3 Å². The Morgan fingerprint density at radius 1 is 1.18 bits per heavy atom. The van der Waals surface area contributed by atoms with Crippen molar-refractivity contribution in [2.75, 3.05) is 13.3 Å². The van der Waals surface area contributed by atoms with Crippen LogP contribution in [-0.2, 0) is 0 Å². The van der Waals surface area contributed by atoms with Gasteiger partial charge in [0.15, 0.2) is 0 Å². The van der Waals surface area contributed by atoms with E-state index in [4.69, 9.17) is 0 Å². The molecule has 0 spiro atoms. The van der Waals surface area contributed by atoms with E-state index in [-0.39, 0.29) is 0 Å². The quantitative estimate of drug-likeness (QED) is 0.559. The molecule has 0 nitrogen and oxygen atoms in total. The SMILES string of the molecule is CC(C)C1CCCC1P(C)C. The van der Waals surface area contributed by atoms with Crippen LogP contribution < -0.4 is 0 Å². The minimum Gasteiger partial charge on any atom is -0.110 e. The van der Waals surface area contributed by atoms with Crippen LogP contribution in [0.1, 0.15) is 33.1 Å². The standard InChI is InChI=1S/C10H21P/c1-8(2)9-6-5-7-10(9)11(3)4/h8-10H,5-7H2,1-4H3. The summed E-state index contributed by atoms with van der Waals surface area (Å²) in [6, 6.07) is 0. The first kappa shape index (κ1) is 9.52. The third-order valence-corrected chi connectivity index (χ3v) is 5.02. The molecule has 0 heterocycles. The molecule has 1 rings (SSSR count). The predicted molar refractivity (Wildman–Crippen MR) is 54.7 cm³/mol. The van der Waals surface area contributed by atoms with Crippen LogP contribution in [0.4, 0.5) is 0 Å². The van der Waals surface area contributed by atoms with Gasteiger partial charge in [0.25, 0.3) is 0 Å². The van der Waals surface area contributed by atoms with E-state index < -0.39 is 0 Å². The number of rotatable bonds is 2. The van der Waals surface area contributed by atoms with E-state index in [1.54, 1.807) is 0 Å². The highest BCUT2D eigenvalue weighted by molar-refractivity contribution is 7.56. The smallest absolute Gasteiger partial charge is 0.0183 e. The van der Waals surface area contributed by atoms with Gasteiger partial charge in [-0.3, -0.25) is 0 Å². The van der Waals surface area contributed by atoms with Crippen LogP contribution in [0.5, 0.6) is 0 Å². The molecule has 1 aliphatic carbocycles. The van der Waals surface area contributed by atoms with Gasteiger partial charge in [-0.05, 0) is 43.7 Å². The van der Waals surface area contributed by atoms with Crippen molar-refractivity contribution in [3.63, 3.8) is 0 Å². The van der Waals surface area contributed by atoms with Crippen LogP contribution in [0, 0.1) is 11.8 Å². The van der Waals surface area contributed by atoms with Gasteiger partial charge in [-0.25, -0.2) is 0 Å². The Balaban J connectivity index is 2.51. The zero-order valence-corrected chi connectivity index (χ0v) is 9.20. The van der Waals surface area contributed by atoms with Crippen molar-refractivity contribution >= 4 is 7.92 Å². The summed E-state index contributed by atoms with van der Waals surface area (Å²) in [4.78, 5) is 0. The Morgan fingerprint density at radius 2 is 1.82 bits per heavy atom. The van der Waals surface area contributed by atoms with Crippen LogP contribution in [0.2, 0.25) is 0 Å². The summed E-state index contributed by atoms with van der Waals surface area (Å²) >= 11 is 0. The maximum Gasteiger partial charge on any atom is -0.0183 e. The summed E-state index contributed by atoms with van der Waals surface area (Å²) in [5.41, 5.74) is 1.09. The van der Waals surface area contributed by atoms with Crippen molar-refractivity contribution in [3.8, 4) is 0 Å². The van der Waals surface area contributed by atoms with Gasteiger partial charge in [-0.2, -0.15) is 0 Å². The average molecular weight is 172 g/mol. The van der Waals surface area contributed by atoms with Gasteiger partial charge < -0.3 is 0 Å². The number of hydrogen-bond donors (Lipinski definition) is 0. The molecule has 0 amide bonds. The molecule has 11 heavy (non-hydrogen) atoms. The first-order valence-corrected chi connectivity index (χ1v) is 7.10. The summed E-state index contributed by atoms with van der Waals surface area (Å²) < 4.78 is 0. The van der Waals surface area contributed by atoms with E-state index in [1.807, 2.05) is 0 Å². The maximum absolute atomic E-state index is 2.45. The van der Waals surface area contributed by atoms with E-state index in [2.05, 4.69) is 27.2 Å². The van der Waals surface area contributed by atoms with Gasteiger partial charge in [-0.15, -0.1) is 7.92 Å². The van der Waals surface area contributed by atoms with E-state index in [9.17, 15) is 0 Å². The molecular formula is C10H21P. The summed E-state index contributed by atoms with van der Waals surface area (Å²) in [6.07, 6.45) is 4.51. The molecule has 0 aromatic rings. The van der Waals surface area contributed by atoms with Crippen molar-refractivity contribution in [3.05, 3.63) is 0 Å². The fraction of sp³-hybridized carbons (Fsp3) is 1.00. The molecule has 2 unspecified atom stereocenters. The van der Waals surface area contributed by atoms with E-state index in [0.29, 0.717) is 7.92 Å². The highest BCUT2D eigenvalue weighted by Gasteiger charge is 2.30. The topological polar surface area (TPSA) is 0 Å². The molecule has 0 bridgehead atoms. The third kappa shape index (κ3) is 2.18. The van der Waals surface area contributed by atoms with Gasteiger partial charge >= 0.3 is 0 Å². The summed E-state index contributed by atoms with van der Waals surface area (Å²) in [5.74, 6) is 1.98. The van der Waals surface area contributed by atoms with Crippen LogP contribution in [0.25, 0.3) is 0 Å². The van der Waals surface area contributed by atoms with Gasteiger partial charge in [0.2, 0.25) is 0 Å². The van der Waals surface area contributed by atoms with Crippen molar-refractivity contribution < 1.29 is 0 Å². The Kier molecular flexibility index (Phi) is 3.37. The third-order valence-electron chi connectivity index (χ3n) is 3.05. The monoisotopic (exact) mass is 172 g/mol. The predicted octanol–water partition coefficient (Wildman–Crippen LogP) is 3.55. The van der Waals surface area contributed by atoms with E-state index >= 15 is 0 Å². The molecule has 0 saturated heterocycles. The summed E-state index contributed by atoms with van der Waals surface area (Å²) in [6.45, 7) is 9.67. The maximum atomic E-state index is 2.45. The zero-order valence-electron chi connectivity index (χ0n) is 8.30. The lowest BCUT2D eigenvalue weighted by atomic mass is 9.94. The molecule has 1 fully saturated rings. The lowest BCUT2D eigenvalue weighted by Gasteiger charge is -2.26. The minimum atomic E-state index is 0.327. The van der Waals surface area contributed by atoms with Gasteiger partial charge in [0, 0.05) is 0 Å². The Morgan fingerprint density at radius 3 is 2.18 bits per heavy atom. The first-order chi connectivity index (χ1) is 5.13. The molecule has 0 aromatic heterocycles. The fourth-order valence-electron chi connectivity index (χ4n) is 2.39. The minimum absolute atomic E-state index is 0.327. The second-order valence-electron chi connectivity index (χ2n) is 4.37. The largest absolute Gasteiger partial charge is 0.110 e. The lowest BCUT2D eigenvalue weighted by Crippen LogP contribution is -2.17. The Bertz CT molecular complexity index is 104. The van der Waals surface area contributed by atoms with E-state index in [0.717, 1.165) is 17.5 Å². The number of hydrogen-bond acceptors (Lipinski definition) is 0. The van der Waals surface area contributed by atoms with Crippen molar-refractivity contribution in [1.82, 2.24) is 0 Å². The fourth-order valence-corrected chi connectivity index (χ4v) is 4.35. The summed E-state index contributed by atoms with van der Waals surface area (Å²) in [7, 11) is 0.327. The molecule has 1 saturated carbocycles. The first-order valence-electron chi connectivity index (χ1n) is 4.79. The second kappa shape index (κ2) is 3.90. The van der Waals surface area contributed by atoms with E-state index in [1.165, 1.54) is 19.3 Å². The molecule has 0 aromatic carbocycles. The molecule has 1 aliphatic rings. The van der Waals surface area contributed by atoms with Crippen LogP contribution in [0.15, 0.2) is 0 Å². The lowest BCUT2D eigenvalue weighted by molar-refractivity contribution is 0.402. The normalized spacial score (nSPS) is 32.2. The molecule has 1 heteroatoms. The Labute approximate surface area is 72.5 Å². The Hall–Kier alpha value is 0.430.